The van der Waals surface area contributed by atoms with Crippen molar-refractivity contribution >= 4 is 45.6 Å². The summed E-state index contributed by atoms with van der Waals surface area (Å²) in [7, 11) is 0. The second-order valence-electron chi connectivity index (χ2n) is 7.81. The molecule has 0 saturated heterocycles. The topological polar surface area (TPSA) is 38.3 Å². The molecule has 0 aliphatic heterocycles. The lowest BCUT2D eigenvalue weighted by Crippen LogP contribution is -2.42. The molecular weight excluding hydrogens is 417 g/mol. The number of anilines is 1. The van der Waals surface area contributed by atoms with Gasteiger partial charge in [-0.25, -0.2) is 0 Å². The minimum absolute atomic E-state index is 0.0132. The van der Waals surface area contributed by atoms with Crippen molar-refractivity contribution < 1.29 is 9.53 Å². The third kappa shape index (κ3) is 3.89. The molecule has 30 heavy (non-hydrogen) atoms. The number of benzene rings is 3. The molecule has 0 spiro atoms. The number of hydrogen-bond donors (Lipinski definition) is 1. The highest BCUT2D eigenvalue weighted by molar-refractivity contribution is 6.35. The minimum Gasteiger partial charge on any atom is -0.493 e. The fourth-order valence-corrected chi connectivity index (χ4v) is 5.14. The molecule has 1 N–H and O–H groups in total. The molecule has 1 saturated carbocycles. The highest BCUT2D eigenvalue weighted by Crippen LogP contribution is 2.44. The zero-order valence-corrected chi connectivity index (χ0v) is 18.5. The molecule has 0 heterocycles. The predicted molar refractivity (Wildman–Crippen MR) is 125 cm³/mol. The number of hydrogen-bond acceptors (Lipinski definition) is 2. The highest BCUT2D eigenvalue weighted by Gasteiger charge is 2.42. The summed E-state index contributed by atoms with van der Waals surface area (Å²) in [5.41, 5.74) is 0.995. The van der Waals surface area contributed by atoms with Crippen LogP contribution in [0.5, 0.6) is 5.75 Å². The van der Waals surface area contributed by atoms with Gasteiger partial charge in [0, 0.05) is 26.5 Å². The lowest BCUT2D eigenvalue weighted by molar-refractivity contribution is -0.122. The maximum absolute atomic E-state index is 13.7. The molecule has 1 fully saturated rings. The van der Waals surface area contributed by atoms with E-state index >= 15 is 0 Å². The van der Waals surface area contributed by atoms with E-state index in [2.05, 4.69) is 5.32 Å². The van der Waals surface area contributed by atoms with Gasteiger partial charge in [-0.3, -0.25) is 4.79 Å². The second-order valence-corrected chi connectivity index (χ2v) is 8.65. The molecule has 0 radical (unpaired) electrons. The SMILES string of the molecule is CCOc1ccc(NC(=O)C2(c3ccc(Cl)cc3Cl)CCCCC2)c2ccccc12. The van der Waals surface area contributed by atoms with Crippen molar-refractivity contribution in [2.45, 2.75) is 44.4 Å². The third-order valence-corrected chi connectivity index (χ3v) is 6.57. The first-order valence-electron chi connectivity index (χ1n) is 10.5. The minimum atomic E-state index is -0.653. The van der Waals surface area contributed by atoms with Crippen LogP contribution in [0.4, 0.5) is 5.69 Å². The summed E-state index contributed by atoms with van der Waals surface area (Å²) in [5.74, 6) is 0.806. The van der Waals surface area contributed by atoms with Crippen LogP contribution in [0.25, 0.3) is 10.8 Å². The van der Waals surface area contributed by atoms with Gasteiger partial charge in [0.2, 0.25) is 5.91 Å². The van der Waals surface area contributed by atoms with Crippen LogP contribution in [-0.2, 0) is 10.2 Å². The summed E-state index contributed by atoms with van der Waals surface area (Å²) in [6.45, 7) is 2.56. The molecule has 0 aromatic heterocycles. The van der Waals surface area contributed by atoms with Crippen molar-refractivity contribution in [1.82, 2.24) is 0 Å². The molecule has 156 valence electrons. The lowest BCUT2D eigenvalue weighted by atomic mass is 9.68. The first-order valence-corrected chi connectivity index (χ1v) is 11.2. The van der Waals surface area contributed by atoms with E-state index in [-0.39, 0.29) is 5.91 Å². The van der Waals surface area contributed by atoms with Crippen molar-refractivity contribution in [3.63, 3.8) is 0 Å². The predicted octanol–water partition coefficient (Wildman–Crippen LogP) is 7.39. The normalized spacial score (nSPS) is 15.7. The van der Waals surface area contributed by atoms with Gasteiger partial charge in [0.1, 0.15) is 5.75 Å². The Morgan fingerprint density at radius 2 is 1.73 bits per heavy atom. The third-order valence-electron chi connectivity index (χ3n) is 6.02. The van der Waals surface area contributed by atoms with Crippen LogP contribution in [0.1, 0.15) is 44.6 Å². The van der Waals surface area contributed by atoms with E-state index in [1.807, 2.05) is 55.5 Å². The van der Waals surface area contributed by atoms with E-state index in [0.29, 0.717) is 16.7 Å². The number of halogens is 2. The van der Waals surface area contributed by atoms with Gasteiger partial charge in [-0.1, -0.05) is 72.8 Å². The fraction of sp³-hybridized carbons (Fsp3) is 0.320. The Bertz CT molecular complexity index is 1070. The van der Waals surface area contributed by atoms with E-state index in [4.69, 9.17) is 27.9 Å². The van der Waals surface area contributed by atoms with Crippen LogP contribution in [0.2, 0.25) is 10.0 Å². The molecule has 5 heteroatoms. The van der Waals surface area contributed by atoms with Crippen LogP contribution in [0.15, 0.2) is 54.6 Å². The molecule has 1 amide bonds. The maximum atomic E-state index is 13.7. The van der Waals surface area contributed by atoms with Crippen LogP contribution in [0, 0.1) is 0 Å². The molecule has 1 aliphatic rings. The van der Waals surface area contributed by atoms with Gasteiger partial charge in [-0.05, 0) is 49.6 Å². The Labute approximate surface area is 187 Å². The first-order chi connectivity index (χ1) is 14.5. The van der Waals surface area contributed by atoms with Gasteiger partial charge in [-0.15, -0.1) is 0 Å². The summed E-state index contributed by atoms with van der Waals surface area (Å²) in [4.78, 5) is 13.7. The zero-order chi connectivity index (χ0) is 21.1. The standard InChI is InChI=1S/C25H25Cl2NO2/c1-2-30-23-13-12-22(18-8-4-5-9-19(18)23)28-24(29)25(14-6-3-7-15-25)20-11-10-17(26)16-21(20)27/h4-5,8-13,16H,2-3,6-7,14-15H2,1H3,(H,28,29). The van der Waals surface area contributed by atoms with Gasteiger partial charge in [0.15, 0.2) is 0 Å². The molecule has 3 nitrogen and oxygen atoms in total. The van der Waals surface area contributed by atoms with Crippen LogP contribution >= 0.6 is 23.2 Å². The van der Waals surface area contributed by atoms with Crippen molar-refractivity contribution in [2.75, 3.05) is 11.9 Å². The monoisotopic (exact) mass is 441 g/mol. The van der Waals surface area contributed by atoms with Gasteiger partial charge < -0.3 is 10.1 Å². The van der Waals surface area contributed by atoms with Crippen LogP contribution < -0.4 is 10.1 Å². The summed E-state index contributed by atoms with van der Waals surface area (Å²) in [6.07, 6.45) is 4.67. The number of carbonyl (C=O) groups excluding carboxylic acids is 1. The molecule has 3 aromatic rings. The highest BCUT2D eigenvalue weighted by atomic mass is 35.5. The fourth-order valence-electron chi connectivity index (χ4n) is 4.56. The Hall–Kier alpha value is -2.23. The Kier molecular flexibility index (Phi) is 6.21. The van der Waals surface area contributed by atoms with Crippen LogP contribution in [0.3, 0.4) is 0 Å². The quantitative estimate of drug-likeness (QED) is 0.448. The lowest BCUT2D eigenvalue weighted by Gasteiger charge is -2.37. The molecule has 0 unspecified atom stereocenters. The molecule has 1 aliphatic carbocycles. The molecule has 0 atom stereocenters. The molecule has 4 rings (SSSR count). The number of fused-ring (bicyclic) bond motifs is 1. The molecule has 0 bridgehead atoms. The van der Waals surface area contributed by atoms with Crippen molar-refractivity contribution in [2.24, 2.45) is 0 Å². The number of ether oxygens (including phenoxy) is 1. The number of carbonyl (C=O) groups is 1. The maximum Gasteiger partial charge on any atom is 0.235 e. The smallest absolute Gasteiger partial charge is 0.235 e. The van der Waals surface area contributed by atoms with Gasteiger partial charge in [0.25, 0.3) is 0 Å². The van der Waals surface area contributed by atoms with Gasteiger partial charge >= 0.3 is 0 Å². The first kappa shape index (κ1) is 21.0. The van der Waals surface area contributed by atoms with Crippen molar-refractivity contribution in [3.8, 4) is 5.75 Å². The van der Waals surface area contributed by atoms with E-state index in [9.17, 15) is 4.79 Å². The largest absolute Gasteiger partial charge is 0.493 e. The van der Waals surface area contributed by atoms with E-state index in [0.717, 1.165) is 59.9 Å². The van der Waals surface area contributed by atoms with Crippen molar-refractivity contribution in [1.29, 1.82) is 0 Å². The summed E-state index contributed by atoms with van der Waals surface area (Å²) >= 11 is 12.7. The summed E-state index contributed by atoms with van der Waals surface area (Å²) < 4.78 is 5.77. The van der Waals surface area contributed by atoms with Crippen molar-refractivity contribution in [3.05, 3.63) is 70.2 Å². The molecule has 3 aromatic carbocycles. The second kappa shape index (κ2) is 8.87. The van der Waals surface area contributed by atoms with E-state index in [1.54, 1.807) is 6.07 Å². The number of amides is 1. The Balaban J connectivity index is 1.75. The summed E-state index contributed by atoms with van der Waals surface area (Å²) in [5, 5.41) is 6.30. The van der Waals surface area contributed by atoms with E-state index < -0.39 is 5.41 Å². The molecular formula is C25H25Cl2NO2. The summed E-state index contributed by atoms with van der Waals surface area (Å²) in [6, 6.07) is 17.3. The number of rotatable bonds is 5. The average Bonchev–Trinajstić information content (AvgIpc) is 2.76. The Morgan fingerprint density at radius 3 is 2.43 bits per heavy atom. The average molecular weight is 442 g/mol. The Morgan fingerprint density at radius 1 is 1.00 bits per heavy atom. The zero-order valence-electron chi connectivity index (χ0n) is 17.0. The van der Waals surface area contributed by atoms with Gasteiger partial charge in [0.05, 0.1) is 12.0 Å². The van der Waals surface area contributed by atoms with Gasteiger partial charge in [-0.2, -0.15) is 0 Å². The van der Waals surface area contributed by atoms with Crippen LogP contribution in [-0.4, -0.2) is 12.5 Å². The number of nitrogens with one attached hydrogen (secondary N) is 1. The van der Waals surface area contributed by atoms with E-state index in [1.165, 1.54) is 0 Å².